The number of hydrogen-bond acceptors (Lipinski definition) is 3. The molecule has 122 valence electrons. The van der Waals surface area contributed by atoms with E-state index in [0.29, 0.717) is 13.0 Å². The molecule has 1 aliphatic carbocycles. The predicted octanol–water partition coefficient (Wildman–Crippen LogP) is 2.56. The third-order valence-corrected chi connectivity index (χ3v) is 4.50. The fourth-order valence-electron chi connectivity index (χ4n) is 2.99. The van der Waals surface area contributed by atoms with Crippen LogP contribution in [-0.2, 0) is 10.2 Å². The van der Waals surface area contributed by atoms with Crippen molar-refractivity contribution in [1.29, 1.82) is 0 Å². The van der Waals surface area contributed by atoms with Gasteiger partial charge in [-0.2, -0.15) is 0 Å². The minimum Gasteiger partial charge on any atom is -0.496 e. The summed E-state index contributed by atoms with van der Waals surface area (Å²) in [6, 6.07) is 6.03. The van der Waals surface area contributed by atoms with Crippen molar-refractivity contribution in [2.75, 3.05) is 13.7 Å². The summed E-state index contributed by atoms with van der Waals surface area (Å²) in [6.07, 6.45) is 2.14. The average Bonchev–Trinajstić information content (AvgIpc) is 3.26. The molecule has 2 atom stereocenters. The molecule has 2 N–H and O–H groups in total. The number of nitrogens with one attached hydrogen (secondary N) is 1. The minimum absolute atomic E-state index is 0.0934. The lowest BCUT2D eigenvalue weighted by atomic mass is 9.93. The van der Waals surface area contributed by atoms with Crippen LogP contribution in [0.25, 0.3) is 0 Å². The molecule has 0 saturated heterocycles. The molecular formula is C18H27NO3. The Morgan fingerprint density at radius 2 is 2.09 bits per heavy atom. The maximum Gasteiger partial charge on any atom is 0.230 e. The molecule has 0 bridgehead atoms. The zero-order valence-corrected chi connectivity index (χ0v) is 14.0. The lowest BCUT2D eigenvalue weighted by Crippen LogP contribution is -2.37. The van der Waals surface area contributed by atoms with Gasteiger partial charge < -0.3 is 15.2 Å². The maximum atomic E-state index is 12.6. The molecule has 1 aromatic rings. The highest BCUT2D eigenvalue weighted by Gasteiger charge is 2.51. The van der Waals surface area contributed by atoms with Crippen molar-refractivity contribution < 1.29 is 14.6 Å². The molecule has 22 heavy (non-hydrogen) atoms. The largest absolute Gasteiger partial charge is 0.496 e. The van der Waals surface area contributed by atoms with Gasteiger partial charge in [0.05, 0.1) is 18.6 Å². The van der Waals surface area contributed by atoms with Crippen molar-refractivity contribution in [3.63, 3.8) is 0 Å². The summed E-state index contributed by atoms with van der Waals surface area (Å²) < 4.78 is 5.37. The van der Waals surface area contributed by atoms with E-state index in [-0.39, 0.29) is 23.3 Å². The van der Waals surface area contributed by atoms with Gasteiger partial charge in [0.2, 0.25) is 5.91 Å². The maximum absolute atomic E-state index is 12.6. The van der Waals surface area contributed by atoms with E-state index in [2.05, 4.69) is 5.32 Å². The Bertz CT molecular complexity index is 535. The van der Waals surface area contributed by atoms with Crippen molar-refractivity contribution in [3.05, 3.63) is 29.3 Å². The summed E-state index contributed by atoms with van der Waals surface area (Å²) >= 11 is 0. The first-order chi connectivity index (χ1) is 10.4. The number of benzene rings is 1. The molecule has 0 radical (unpaired) electrons. The summed E-state index contributed by atoms with van der Waals surface area (Å²) in [6.45, 7) is 6.43. The smallest absolute Gasteiger partial charge is 0.230 e. The topological polar surface area (TPSA) is 58.6 Å². The average molecular weight is 305 g/mol. The quantitative estimate of drug-likeness (QED) is 0.814. The SMILES string of the molecule is COc1cc(C2(C(=O)NCC(C)CC(C)O)CC2)ccc1C. The fourth-order valence-corrected chi connectivity index (χ4v) is 2.99. The van der Waals surface area contributed by atoms with E-state index in [1.165, 1.54) is 0 Å². The number of rotatable bonds is 7. The van der Waals surface area contributed by atoms with Crippen LogP contribution in [0.4, 0.5) is 0 Å². The van der Waals surface area contributed by atoms with Gasteiger partial charge in [-0.05, 0) is 56.2 Å². The van der Waals surface area contributed by atoms with Gasteiger partial charge in [0.25, 0.3) is 0 Å². The number of aliphatic hydroxyl groups excluding tert-OH is 1. The van der Waals surface area contributed by atoms with Gasteiger partial charge in [0.1, 0.15) is 5.75 Å². The van der Waals surface area contributed by atoms with Crippen molar-refractivity contribution in [2.45, 2.75) is 51.6 Å². The highest BCUT2D eigenvalue weighted by Crippen LogP contribution is 2.49. The lowest BCUT2D eigenvalue weighted by molar-refractivity contribution is -0.123. The van der Waals surface area contributed by atoms with Gasteiger partial charge >= 0.3 is 0 Å². The number of hydrogen-bond donors (Lipinski definition) is 2. The van der Waals surface area contributed by atoms with Crippen molar-refractivity contribution in [2.24, 2.45) is 5.92 Å². The second-order valence-corrected chi connectivity index (χ2v) is 6.67. The van der Waals surface area contributed by atoms with Gasteiger partial charge in [0, 0.05) is 6.54 Å². The van der Waals surface area contributed by atoms with Gasteiger partial charge in [-0.3, -0.25) is 4.79 Å². The van der Waals surface area contributed by atoms with Crippen molar-refractivity contribution >= 4 is 5.91 Å². The molecule has 0 heterocycles. The molecule has 2 unspecified atom stereocenters. The third-order valence-electron chi connectivity index (χ3n) is 4.50. The molecule has 4 nitrogen and oxygen atoms in total. The summed E-state index contributed by atoms with van der Waals surface area (Å²) in [5, 5.41) is 12.4. The van der Waals surface area contributed by atoms with E-state index < -0.39 is 0 Å². The first-order valence-corrected chi connectivity index (χ1v) is 8.00. The third kappa shape index (κ3) is 3.61. The minimum atomic E-state index is -0.383. The van der Waals surface area contributed by atoms with Crippen LogP contribution in [0.15, 0.2) is 18.2 Å². The number of carbonyl (C=O) groups excluding carboxylic acids is 1. The van der Waals surface area contributed by atoms with Gasteiger partial charge in [0.15, 0.2) is 0 Å². The van der Waals surface area contributed by atoms with E-state index in [9.17, 15) is 9.90 Å². The Hall–Kier alpha value is -1.55. The van der Waals surface area contributed by atoms with E-state index in [4.69, 9.17) is 4.74 Å². The first kappa shape index (κ1) is 16.8. The molecular weight excluding hydrogens is 278 g/mol. The zero-order valence-electron chi connectivity index (χ0n) is 14.0. The Morgan fingerprint density at radius 1 is 1.41 bits per heavy atom. The summed E-state index contributed by atoms with van der Waals surface area (Å²) in [7, 11) is 1.66. The predicted molar refractivity (Wildman–Crippen MR) is 87.1 cm³/mol. The van der Waals surface area contributed by atoms with Crippen LogP contribution in [0.2, 0.25) is 0 Å². The van der Waals surface area contributed by atoms with E-state index in [1.807, 2.05) is 32.0 Å². The van der Waals surface area contributed by atoms with Crippen LogP contribution >= 0.6 is 0 Å². The Labute approximate surface area is 132 Å². The van der Waals surface area contributed by atoms with Gasteiger partial charge in [-0.25, -0.2) is 0 Å². The molecule has 2 rings (SSSR count). The summed E-state index contributed by atoms with van der Waals surface area (Å²) in [5.41, 5.74) is 1.73. The fraction of sp³-hybridized carbons (Fsp3) is 0.611. The van der Waals surface area contributed by atoms with Crippen molar-refractivity contribution in [1.82, 2.24) is 5.32 Å². The van der Waals surface area contributed by atoms with Gasteiger partial charge in [-0.1, -0.05) is 19.1 Å². The first-order valence-electron chi connectivity index (χ1n) is 8.00. The Balaban J connectivity index is 2.03. The van der Waals surface area contributed by atoms with Crippen LogP contribution < -0.4 is 10.1 Å². The molecule has 1 amide bonds. The second kappa shape index (κ2) is 6.69. The molecule has 1 saturated carbocycles. The molecule has 0 aromatic heterocycles. The number of amides is 1. The van der Waals surface area contributed by atoms with Crippen LogP contribution in [0.1, 0.15) is 44.2 Å². The Kier molecular flexibility index (Phi) is 5.12. The van der Waals surface area contributed by atoms with Crippen LogP contribution in [-0.4, -0.2) is 30.8 Å². The highest BCUT2D eigenvalue weighted by molar-refractivity contribution is 5.91. The van der Waals surface area contributed by atoms with Gasteiger partial charge in [-0.15, -0.1) is 0 Å². The van der Waals surface area contributed by atoms with E-state index in [1.54, 1.807) is 14.0 Å². The number of aliphatic hydroxyl groups is 1. The second-order valence-electron chi connectivity index (χ2n) is 6.67. The summed E-state index contributed by atoms with van der Waals surface area (Å²) in [4.78, 5) is 12.6. The number of aryl methyl sites for hydroxylation is 1. The summed E-state index contributed by atoms with van der Waals surface area (Å²) in [5.74, 6) is 1.20. The standard InChI is InChI=1S/C18H27NO3/c1-12(9-14(3)20)11-19-17(21)18(7-8-18)15-6-5-13(2)16(10-15)22-4/h5-6,10,12,14,20H,7-9,11H2,1-4H3,(H,19,21). The van der Waals surface area contributed by atoms with Crippen LogP contribution in [0.3, 0.4) is 0 Å². The number of methoxy groups -OCH3 is 1. The highest BCUT2D eigenvalue weighted by atomic mass is 16.5. The lowest BCUT2D eigenvalue weighted by Gasteiger charge is -2.20. The van der Waals surface area contributed by atoms with Crippen LogP contribution in [0, 0.1) is 12.8 Å². The Morgan fingerprint density at radius 3 is 2.64 bits per heavy atom. The number of carbonyl (C=O) groups is 1. The van der Waals surface area contributed by atoms with Crippen LogP contribution in [0.5, 0.6) is 5.75 Å². The monoisotopic (exact) mass is 305 g/mol. The molecule has 0 spiro atoms. The molecule has 4 heteroatoms. The van der Waals surface area contributed by atoms with E-state index >= 15 is 0 Å². The normalized spacial score (nSPS) is 18.4. The number of ether oxygens (including phenoxy) is 1. The molecule has 1 fully saturated rings. The zero-order chi connectivity index (χ0) is 16.3. The van der Waals surface area contributed by atoms with Crippen molar-refractivity contribution in [3.8, 4) is 5.75 Å². The molecule has 0 aliphatic heterocycles. The molecule has 1 aromatic carbocycles. The molecule has 1 aliphatic rings. The van der Waals surface area contributed by atoms with E-state index in [0.717, 1.165) is 29.7 Å².